The summed E-state index contributed by atoms with van der Waals surface area (Å²) in [4.78, 5) is 27.1. The number of likely N-dealkylation sites (tertiary alicyclic amines) is 1. The SMILES string of the molecule is CN1CCC(N(C)C(=O)NC(CC(=O)O)C2CC2)CC1. The van der Waals surface area contributed by atoms with Crippen LogP contribution in [0.5, 0.6) is 0 Å². The smallest absolute Gasteiger partial charge is 0.317 e. The van der Waals surface area contributed by atoms with Crippen molar-refractivity contribution in [3.05, 3.63) is 0 Å². The topological polar surface area (TPSA) is 72.9 Å². The Balaban J connectivity index is 1.84. The zero-order valence-electron chi connectivity index (χ0n) is 12.3. The van der Waals surface area contributed by atoms with Crippen LogP contribution in [-0.2, 0) is 4.79 Å². The number of carboxylic acid groups (broad SMARTS) is 1. The van der Waals surface area contributed by atoms with Crippen molar-refractivity contribution in [2.75, 3.05) is 27.2 Å². The quantitative estimate of drug-likeness (QED) is 0.789. The molecule has 20 heavy (non-hydrogen) atoms. The third-order valence-electron chi connectivity index (χ3n) is 4.45. The van der Waals surface area contributed by atoms with E-state index in [1.54, 1.807) is 4.90 Å². The van der Waals surface area contributed by atoms with Crippen LogP contribution in [0, 0.1) is 5.92 Å². The molecule has 2 N–H and O–H groups in total. The highest BCUT2D eigenvalue weighted by Crippen LogP contribution is 2.34. The first-order valence-corrected chi connectivity index (χ1v) is 7.41. The molecule has 1 aliphatic carbocycles. The molecule has 114 valence electrons. The van der Waals surface area contributed by atoms with E-state index in [-0.39, 0.29) is 24.5 Å². The van der Waals surface area contributed by atoms with E-state index in [0.29, 0.717) is 5.92 Å². The summed E-state index contributed by atoms with van der Waals surface area (Å²) < 4.78 is 0. The predicted molar refractivity (Wildman–Crippen MR) is 75.6 cm³/mol. The Morgan fingerprint density at radius 3 is 2.40 bits per heavy atom. The second-order valence-corrected chi connectivity index (χ2v) is 6.14. The van der Waals surface area contributed by atoms with Gasteiger partial charge in [-0.25, -0.2) is 4.79 Å². The lowest BCUT2D eigenvalue weighted by Gasteiger charge is -2.35. The van der Waals surface area contributed by atoms with Crippen LogP contribution in [0.1, 0.15) is 32.1 Å². The molecule has 0 aromatic heterocycles. The molecule has 1 atom stereocenters. The highest BCUT2D eigenvalue weighted by atomic mass is 16.4. The van der Waals surface area contributed by atoms with Gasteiger partial charge >= 0.3 is 12.0 Å². The summed E-state index contributed by atoms with van der Waals surface area (Å²) in [6, 6.07) is -0.0812. The van der Waals surface area contributed by atoms with E-state index in [1.807, 2.05) is 7.05 Å². The molecule has 2 aliphatic rings. The maximum Gasteiger partial charge on any atom is 0.317 e. The van der Waals surface area contributed by atoms with Crippen molar-refractivity contribution >= 4 is 12.0 Å². The van der Waals surface area contributed by atoms with Gasteiger partial charge in [0, 0.05) is 19.1 Å². The van der Waals surface area contributed by atoms with E-state index >= 15 is 0 Å². The van der Waals surface area contributed by atoms with Gasteiger partial charge in [0.05, 0.1) is 6.42 Å². The normalized spacial score (nSPS) is 22.3. The van der Waals surface area contributed by atoms with Crippen LogP contribution in [0.3, 0.4) is 0 Å². The molecule has 0 spiro atoms. The van der Waals surface area contributed by atoms with Gasteiger partial charge in [-0.1, -0.05) is 0 Å². The van der Waals surface area contributed by atoms with Crippen LogP contribution >= 0.6 is 0 Å². The van der Waals surface area contributed by atoms with Crippen molar-refractivity contribution < 1.29 is 14.7 Å². The van der Waals surface area contributed by atoms with Crippen molar-refractivity contribution in [1.82, 2.24) is 15.1 Å². The van der Waals surface area contributed by atoms with E-state index in [4.69, 9.17) is 5.11 Å². The van der Waals surface area contributed by atoms with Crippen molar-refractivity contribution in [1.29, 1.82) is 0 Å². The van der Waals surface area contributed by atoms with Gasteiger partial charge in [0.15, 0.2) is 0 Å². The molecule has 2 amide bonds. The van der Waals surface area contributed by atoms with Crippen molar-refractivity contribution in [2.45, 2.75) is 44.2 Å². The summed E-state index contributed by atoms with van der Waals surface area (Å²) in [5.74, 6) is -0.495. The molecule has 1 saturated carbocycles. The Kier molecular flexibility index (Phi) is 4.86. The second-order valence-electron chi connectivity index (χ2n) is 6.14. The molecule has 6 nitrogen and oxygen atoms in total. The summed E-state index contributed by atoms with van der Waals surface area (Å²) in [6.07, 6.45) is 4.03. The standard InChI is InChI=1S/C14H25N3O3/c1-16-7-5-11(6-8-16)17(2)14(20)15-12(9-13(18)19)10-3-4-10/h10-12H,3-9H2,1-2H3,(H,15,20)(H,18,19). The minimum Gasteiger partial charge on any atom is -0.481 e. The molecule has 1 unspecified atom stereocenters. The van der Waals surface area contributed by atoms with E-state index in [1.165, 1.54) is 0 Å². The van der Waals surface area contributed by atoms with Crippen molar-refractivity contribution in [3.63, 3.8) is 0 Å². The molecule has 0 aromatic rings. The van der Waals surface area contributed by atoms with Gasteiger partial charge in [-0.15, -0.1) is 0 Å². The summed E-state index contributed by atoms with van der Waals surface area (Å²) >= 11 is 0. The first kappa shape index (κ1) is 15.1. The Morgan fingerprint density at radius 2 is 1.90 bits per heavy atom. The van der Waals surface area contributed by atoms with Gasteiger partial charge in [0.2, 0.25) is 0 Å². The molecule has 0 aromatic carbocycles. The van der Waals surface area contributed by atoms with Crippen LogP contribution in [0.2, 0.25) is 0 Å². The minimum atomic E-state index is -0.843. The molecule has 1 aliphatic heterocycles. The zero-order chi connectivity index (χ0) is 14.7. The van der Waals surface area contributed by atoms with Crippen LogP contribution < -0.4 is 5.32 Å². The van der Waals surface area contributed by atoms with Crippen LogP contribution in [0.15, 0.2) is 0 Å². The highest BCUT2D eigenvalue weighted by Gasteiger charge is 2.35. The van der Waals surface area contributed by atoms with E-state index in [2.05, 4.69) is 17.3 Å². The van der Waals surface area contributed by atoms with Gasteiger partial charge in [-0.05, 0) is 51.7 Å². The zero-order valence-corrected chi connectivity index (χ0v) is 12.3. The number of urea groups is 1. The molecular formula is C14H25N3O3. The van der Waals surface area contributed by atoms with E-state index in [0.717, 1.165) is 38.8 Å². The largest absolute Gasteiger partial charge is 0.481 e. The number of amides is 2. The number of aliphatic carboxylic acids is 1. The fourth-order valence-corrected chi connectivity index (χ4v) is 2.83. The summed E-state index contributed by atoms with van der Waals surface area (Å²) in [7, 11) is 3.91. The lowest BCUT2D eigenvalue weighted by atomic mass is 10.0. The third-order valence-corrected chi connectivity index (χ3v) is 4.45. The van der Waals surface area contributed by atoms with Gasteiger partial charge in [0.25, 0.3) is 0 Å². The molecular weight excluding hydrogens is 258 g/mol. The average Bonchev–Trinajstić information content (AvgIpc) is 3.21. The first-order chi connectivity index (χ1) is 9.47. The number of carbonyl (C=O) groups is 2. The number of carbonyl (C=O) groups excluding carboxylic acids is 1. The second kappa shape index (κ2) is 6.43. The number of carboxylic acids is 1. The monoisotopic (exact) mass is 283 g/mol. The van der Waals surface area contributed by atoms with Gasteiger partial charge in [-0.2, -0.15) is 0 Å². The van der Waals surface area contributed by atoms with Gasteiger partial charge in [0.1, 0.15) is 0 Å². The maximum atomic E-state index is 12.3. The molecule has 2 rings (SSSR count). The van der Waals surface area contributed by atoms with Crippen molar-refractivity contribution in [3.8, 4) is 0 Å². The van der Waals surface area contributed by atoms with Gasteiger partial charge in [-0.3, -0.25) is 4.79 Å². The number of piperidine rings is 1. The fraction of sp³-hybridized carbons (Fsp3) is 0.857. The number of nitrogens with zero attached hydrogens (tertiary/aromatic N) is 2. The van der Waals surface area contributed by atoms with Crippen LogP contribution in [-0.4, -0.2) is 66.2 Å². The third kappa shape index (κ3) is 4.10. The Labute approximate surface area is 120 Å². The van der Waals surface area contributed by atoms with E-state index in [9.17, 15) is 9.59 Å². The lowest BCUT2D eigenvalue weighted by molar-refractivity contribution is -0.137. The van der Waals surface area contributed by atoms with E-state index < -0.39 is 5.97 Å². The average molecular weight is 283 g/mol. The number of nitrogens with one attached hydrogen (secondary N) is 1. The number of hydrogen-bond donors (Lipinski definition) is 2. The molecule has 0 bridgehead atoms. The summed E-state index contributed by atoms with van der Waals surface area (Å²) in [5.41, 5.74) is 0. The first-order valence-electron chi connectivity index (χ1n) is 7.41. The Hall–Kier alpha value is -1.30. The van der Waals surface area contributed by atoms with Crippen LogP contribution in [0.4, 0.5) is 4.79 Å². The summed E-state index contributed by atoms with van der Waals surface area (Å²) in [6.45, 7) is 2.01. The molecule has 0 radical (unpaired) electrons. The predicted octanol–water partition coefficient (Wildman–Crippen LogP) is 0.975. The molecule has 1 heterocycles. The molecule has 1 saturated heterocycles. The minimum absolute atomic E-state index is 0.0254. The highest BCUT2D eigenvalue weighted by molar-refractivity contribution is 5.76. The number of hydrogen-bond acceptors (Lipinski definition) is 3. The summed E-state index contributed by atoms with van der Waals surface area (Å²) in [5, 5.41) is 11.8. The fourth-order valence-electron chi connectivity index (χ4n) is 2.83. The Bertz CT molecular complexity index is 363. The number of rotatable bonds is 5. The van der Waals surface area contributed by atoms with Crippen LogP contribution in [0.25, 0.3) is 0 Å². The molecule has 2 fully saturated rings. The Morgan fingerprint density at radius 1 is 1.30 bits per heavy atom. The maximum absolute atomic E-state index is 12.3. The van der Waals surface area contributed by atoms with Gasteiger partial charge < -0.3 is 20.2 Å². The lowest BCUT2D eigenvalue weighted by Crippen LogP contribution is -2.51. The van der Waals surface area contributed by atoms with Crippen molar-refractivity contribution in [2.24, 2.45) is 5.92 Å². The molecule has 6 heteroatoms.